The summed E-state index contributed by atoms with van der Waals surface area (Å²) < 4.78 is 0. The van der Waals surface area contributed by atoms with Crippen LogP contribution in [0.3, 0.4) is 0 Å². The van der Waals surface area contributed by atoms with E-state index >= 15 is 0 Å². The molecule has 2 N–H and O–H groups in total. The molecule has 0 bridgehead atoms. The molecule has 0 heterocycles. The van der Waals surface area contributed by atoms with E-state index in [1.165, 1.54) is 77.0 Å². The smallest absolute Gasteiger partial charge is 0.305 e. The van der Waals surface area contributed by atoms with Gasteiger partial charge in [-0.3, -0.25) is 4.79 Å². The monoisotopic (exact) mass is 337 g/mol. The van der Waals surface area contributed by atoms with Crippen LogP contribution in [0.2, 0.25) is 0 Å². The second-order valence-electron chi connectivity index (χ2n) is 6.56. The number of nitrogens with one attached hydrogen (secondary N) is 1. The van der Waals surface area contributed by atoms with Gasteiger partial charge in [0.05, 0.1) is 6.42 Å². The Kier molecular flexibility index (Phi) is 18.8. The SMILES string of the molecule is CCCCCCCCCCCCCCC=CC=CNCCC(=O)O. The zero-order chi connectivity index (χ0) is 17.7. The van der Waals surface area contributed by atoms with Crippen LogP contribution in [0.4, 0.5) is 0 Å². The van der Waals surface area contributed by atoms with Crippen molar-refractivity contribution < 1.29 is 9.90 Å². The van der Waals surface area contributed by atoms with E-state index in [9.17, 15) is 4.79 Å². The molecule has 0 fully saturated rings. The van der Waals surface area contributed by atoms with Crippen LogP contribution in [0.25, 0.3) is 0 Å². The Balaban J connectivity index is 3.15. The van der Waals surface area contributed by atoms with E-state index < -0.39 is 5.97 Å². The van der Waals surface area contributed by atoms with Crippen LogP contribution in [0.15, 0.2) is 24.4 Å². The molecule has 0 aromatic rings. The summed E-state index contributed by atoms with van der Waals surface area (Å²) in [6.45, 7) is 2.76. The summed E-state index contributed by atoms with van der Waals surface area (Å²) in [5.74, 6) is -0.765. The fraction of sp³-hybridized carbons (Fsp3) is 0.762. The highest BCUT2D eigenvalue weighted by atomic mass is 16.4. The molecule has 0 saturated carbocycles. The molecule has 0 aliphatic carbocycles. The van der Waals surface area contributed by atoms with E-state index in [1.807, 2.05) is 18.4 Å². The van der Waals surface area contributed by atoms with E-state index in [-0.39, 0.29) is 6.42 Å². The summed E-state index contributed by atoms with van der Waals surface area (Å²) in [5.41, 5.74) is 0. The van der Waals surface area contributed by atoms with Gasteiger partial charge in [-0.2, -0.15) is 0 Å². The molecule has 140 valence electrons. The molecule has 0 saturated heterocycles. The van der Waals surface area contributed by atoms with Crippen molar-refractivity contribution in [3.63, 3.8) is 0 Å². The van der Waals surface area contributed by atoms with Crippen LogP contribution in [-0.2, 0) is 4.79 Å². The molecule has 0 aliphatic heterocycles. The topological polar surface area (TPSA) is 49.3 Å². The molecule has 0 amide bonds. The normalized spacial score (nSPS) is 11.5. The van der Waals surface area contributed by atoms with Gasteiger partial charge in [-0.15, -0.1) is 0 Å². The summed E-state index contributed by atoms with van der Waals surface area (Å²) in [6, 6.07) is 0. The maximum atomic E-state index is 10.3. The molecule has 3 nitrogen and oxygen atoms in total. The average Bonchev–Trinajstić information content (AvgIpc) is 2.56. The van der Waals surface area contributed by atoms with Gasteiger partial charge in [-0.25, -0.2) is 0 Å². The molecular formula is C21H39NO2. The zero-order valence-corrected chi connectivity index (χ0v) is 15.8. The molecule has 0 aromatic carbocycles. The minimum Gasteiger partial charge on any atom is -0.481 e. The maximum Gasteiger partial charge on any atom is 0.305 e. The largest absolute Gasteiger partial charge is 0.481 e. The van der Waals surface area contributed by atoms with Gasteiger partial charge in [0, 0.05) is 6.54 Å². The van der Waals surface area contributed by atoms with Crippen molar-refractivity contribution in [2.24, 2.45) is 0 Å². The van der Waals surface area contributed by atoms with Crippen LogP contribution in [0, 0.1) is 0 Å². The van der Waals surface area contributed by atoms with Crippen LogP contribution < -0.4 is 5.32 Å². The summed E-state index contributed by atoms with van der Waals surface area (Å²) in [7, 11) is 0. The average molecular weight is 338 g/mol. The van der Waals surface area contributed by atoms with Gasteiger partial charge in [0.15, 0.2) is 0 Å². The number of carbonyl (C=O) groups is 1. The van der Waals surface area contributed by atoms with Gasteiger partial charge in [0.1, 0.15) is 0 Å². The molecule has 0 aromatic heterocycles. The van der Waals surface area contributed by atoms with Crippen LogP contribution in [0.1, 0.15) is 96.8 Å². The van der Waals surface area contributed by atoms with Gasteiger partial charge >= 0.3 is 5.97 Å². The standard InChI is InChI=1S/C21H39NO2/c1-2-3-4-5-6-7-8-9-10-11-12-13-14-15-16-17-19-22-20-18-21(23)24/h15-17,19,22H,2-14,18,20H2,1H3,(H,23,24). The number of carboxylic acid groups (broad SMARTS) is 1. The fourth-order valence-corrected chi connectivity index (χ4v) is 2.66. The van der Waals surface area contributed by atoms with Crippen molar-refractivity contribution in [1.29, 1.82) is 0 Å². The molecule has 0 atom stereocenters. The summed E-state index contributed by atoms with van der Waals surface area (Å²) in [5, 5.41) is 11.4. The number of carboxylic acids is 1. The highest BCUT2D eigenvalue weighted by Gasteiger charge is 1.93. The third-order valence-electron chi connectivity index (χ3n) is 4.17. The minimum absolute atomic E-state index is 0.160. The van der Waals surface area contributed by atoms with Crippen molar-refractivity contribution in [1.82, 2.24) is 5.32 Å². The van der Waals surface area contributed by atoms with Gasteiger partial charge in [-0.05, 0) is 25.1 Å². The first-order chi connectivity index (χ1) is 11.8. The van der Waals surface area contributed by atoms with E-state index in [1.54, 1.807) is 0 Å². The Morgan fingerprint density at radius 2 is 1.38 bits per heavy atom. The Hall–Kier alpha value is -1.25. The third kappa shape index (κ3) is 20.8. The Morgan fingerprint density at radius 3 is 1.92 bits per heavy atom. The molecule has 0 radical (unpaired) electrons. The van der Waals surface area contributed by atoms with E-state index in [2.05, 4.69) is 18.3 Å². The van der Waals surface area contributed by atoms with Crippen LogP contribution in [0.5, 0.6) is 0 Å². The number of hydrogen-bond donors (Lipinski definition) is 2. The fourth-order valence-electron chi connectivity index (χ4n) is 2.66. The number of allylic oxidation sites excluding steroid dienone is 3. The van der Waals surface area contributed by atoms with Crippen LogP contribution in [-0.4, -0.2) is 17.6 Å². The van der Waals surface area contributed by atoms with Crippen molar-refractivity contribution in [2.45, 2.75) is 96.8 Å². The Bertz CT molecular complexity index is 324. The first-order valence-corrected chi connectivity index (χ1v) is 10.0. The van der Waals surface area contributed by atoms with Gasteiger partial charge < -0.3 is 10.4 Å². The molecule has 0 unspecified atom stereocenters. The highest BCUT2D eigenvalue weighted by molar-refractivity contribution is 5.66. The number of aliphatic carboxylic acids is 1. The molecule has 0 spiro atoms. The predicted octanol–water partition coefficient (Wildman–Crippen LogP) is 6.21. The number of rotatable bonds is 18. The Labute approximate surface area is 149 Å². The minimum atomic E-state index is -0.765. The van der Waals surface area contributed by atoms with Crippen molar-refractivity contribution in [3.8, 4) is 0 Å². The lowest BCUT2D eigenvalue weighted by Gasteiger charge is -2.02. The first kappa shape index (κ1) is 22.8. The lowest BCUT2D eigenvalue weighted by atomic mass is 10.0. The van der Waals surface area contributed by atoms with Gasteiger partial charge in [0.2, 0.25) is 0 Å². The summed E-state index contributed by atoms with van der Waals surface area (Å²) in [6.07, 6.45) is 25.9. The van der Waals surface area contributed by atoms with E-state index in [0.717, 1.165) is 6.42 Å². The summed E-state index contributed by atoms with van der Waals surface area (Å²) in [4.78, 5) is 10.3. The van der Waals surface area contributed by atoms with Gasteiger partial charge in [-0.1, -0.05) is 89.7 Å². The molecule has 3 heteroatoms. The Morgan fingerprint density at radius 1 is 0.833 bits per heavy atom. The van der Waals surface area contributed by atoms with Crippen molar-refractivity contribution >= 4 is 5.97 Å². The lowest BCUT2D eigenvalue weighted by Crippen LogP contribution is -2.11. The summed E-state index contributed by atoms with van der Waals surface area (Å²) >= 11 is 0. The maximum absolute atomic E-state index is 10.3. The van der Waals surface area contributed by atoms with Crippen LogP contribution >= 0.6 is 0 Å². The second kappa shape index (κ2) is 19.8. The van der Waals surface area contributed by atoms with Gasteiger partial charge in [0.25, 0.3) is 0 Å². The zero-order valence-electron chi connectivity index (χ0n) is 15.8. The predicted molar refractivity (Wildman–Crippen MR) is 104 cm³/mol. The van der Waals surface area contributed by atoms with E-state index in [0.29, 0.717) is 6.54 Å². The lowest BCUT2D eigenvalue weighted by molar-refractivity contribution is -0.136. The molecule has 0 aliphatic rings. The quantitative estimate of drug-likeness (QED) is 0.231. The molecule has 0 rings (SSSR count). The van der Waals surface area contributed by atoms with Crippen molar-refractivity contribution in [3.05, 3.63) is 24.4 Å². The third-order valence-corrected chi connectivity index (χ3v) is 4.17. The molecular weight excluding hydrogens is 298 g/mol. The highest BCUT2D eigenvalue weighted by Crippen LogP contribution is 2.12. The van der Waals surface area contributed by atoms with E-state index in [4.69, 9.17) is 5.11 Å². The number of unbranched alkanes of at least 4 members (excludes halogenated alkanes) is 12. The second-order valence-corrected chi connectivity index (χ2v) is 6.56. The first-order valence-electron chi connectivity index (χ1n) is 10.0. The van der Waals surface area contributed by atoms with Crippen molar-refractivity contribution in [2.75, 3.05) is 6.54 Å². The number of hydrogen-bond acceptors (Lipinski definition) is 2. The molecule has 24 heavy (non-hydrogen) atoms.